The van der Waals surface area contributed by atoms with Crippen molar-refractivity contribution in [1.29, 1.82) is 0 Å². The van der Waals surface area contributed by atoms with Crippen molar-refractivity contribution in [3.05, 3.63) is 35.9 Å². The molecule has 1 aliphatic carbocycles. The van der Waals surface area contributed by atoms with Gasteiger partial charge in [0.25, 0.3) is 0 Å². The van der Waals surface area contributed by atoms with Crippen LogP contribution in [0.2, 0.25) is 0 Å². The number of carbonyl (C=O) groups excluding carboxylic acids is 1. The van der Waals surface area contributed by atoms with E-state index in [9.17, 15) is 30.3 Å². The first-order valence-electron chi connectivity index (χ1n) is 10.0. The van der Waals surface area contributed by atoms with Gasteiger partial charge in [-0.2, -0.15) is 0 Å². The van der Waals surface area contributed by atoms with Crippen molar-refractivity contribution >= 4 is 12.0 Å². The van der Waals surface area contributed by atoms with Crippen LogP contribution < -0.4 is 0 Å². The quantitative estimate of drug-likeness (QED) is 0.316. The van der Waals surface area contributed by atoms with Gasteiger partial charge in [0.15, 0.2) is 12.4 Å². The molecule has 30 heavy (non-hydrogen) atoms. The molecule has 1 aromatic carbocycles. The normalized spacial score (nSPS) is 34.7. The number of aliphatic hydroxyl groups excluding tert-OH is 4. The fourth-order valence-electron chi connectivity index (χ4n) is 3.62. The van der Waals surface area contributed by atoms with Crippen molar-refractivity contribution in [1.82, 2.24) is 0 Å². The van der Waals surface area contributed by atoms with E-state index in [1.807, 2.05) is 0 Å². The molecule has 0 spiro atoms. The molecule has 1 saturated carbocycles. The number of hydrogen-bond acceptors (Lipinski definition) is 9. The maximum Gasteiger partial charge on any atom is 0.331 e. The fraction of sp³-hybridized carbons (Fsp3) is 0.571. The average Bonchev–Trinajstić information content (AvgIpc) is 2.74. The van der Waals surface area contributed by atoms with E-state index in [1.165, 1.54) is 18.2 Å². The first-order chi connectivity index (χ1) is 14.4. The van der Waals surface area contributed by atoms with E-state index >= 15 is 0 Å². The van der Waals surface area contributed by atoms with Gasteiger partial charge in [0.05, 0.1) is 18.8 Å². The highest BCUT2D eigenvalue weighted by atomic mass is 16.7. The molecule has 5 N–H and O–H groups in total. The van der Waals surface area contributed by atoms with E-state index < -0.39 is 55.5 Å². The maximum atomic E-state index is 12.3. The molecule has 166 valence electrons. The molecule has 1 heterocycles. The Morgan fingerprint density at radius 3 is 2.47 bits per heavy atom. The second-order valence-corrected chi connectivity index (χ2v) is 7.56. The third-order valence-electron chi connectivity index (χ3n) is 5.36. The highest BCUT2D eigenvalue weighted by molar-refractivity contribution is 5.87. The minimum atomic E-state index is -1.55. The van der Waals surface area contributed by atoms with E-state index in [0.29, 0.717) is 18.4 Å². The number of ether oxygens (including phenoxy) is 3. The van der Waals surface area contributed by atoms with E-state index in [0.717, 1.165) is 18.9 Å². The molecular formula is C21H28O9. The van der Waals surface area contributed by atoms with Gasteiger partial charge in [0.2, 0.25) is 0 Å². The summed E-state index contributed by atoms with van der Waals surface area (Å²) in [4.78, 5) is 12.3. The summed E-state index contributed by atoms with van der Waals surface area (Å²) in [7, 11) is 0. The monoisotopic (exact) mass is 424 g/mol. The number of benzene rings is 1. The van der Waals surface area contributed by atoms with E-state index in [1.54, 1.807) is 12.1 Å². The van der Waals surface area contributed by atoms with Crippen molar-refractivity contribution in [2.45, 2.75) is 68.6 Å². The lowest BCUT2D eigenvalue weighted by Gasteiger charge is -2.43. The highest BCUT2D eigenvalue weighted by Crippen LogP contribution is 2.29. The Kier molecular flexibility index (Phi) is 7.81. The third-order valence-corrected chi connectivity index (χ3v) is 5.36. The van der Waals surface area contributed by atoms with Gasteiger partial charge in [-0.05, 0) is 36.6 Å². The van der Waals surface area contributed by atoms with Crippen LogP contribution in [0.25, 0.3) is 6.08 Å². The van der Waals surface area contributed by atoms with Crippen LogP contribution in [0.15, 0.2) is 30.3 Å². The Labute approximate surface area is 174 Å². The summed E-state index contributed by atoms with van der Waals surface area (Å²) in [5, 5.41) is 49.5. The van der Waals surface area contributed by atoms with Crippen LogP contribution in [0.4, 0.5) is 0 Å². The number of carbonyl (C=O) groups is 1. The highest BCUT2D eigenvalue weighted by Gasteiger charge is 2.48. The van der Waals surface area contributed by atoms with Crippen LogP contribution in [-0.4, -0.2) is 81.0 Å². The minimum absolute atomic E-state index is 0.0921. The Bertz CT molecular complexity index is 720. The van der Waals surface area contributed by atoms with Crippen molar-refractivity contribution in [3.8, 4) is 5.75 Å². The summed E-state index contributed by atoms with van der Waals surface area (Å²) in [6, 6.07) is 6.14. The lowest BCUT2D eigenvalue weighted by atomic mass is 9.94. The zero-order valence-electron chi connectivity index (χ0n) is 16.4. The second kappa shape index (κ2) is 10.3. The molecular weight excluding hydrogens is 396 g/mol. The van der Waals surface area contributed by atoms with Gasteiger partial charge >= 0.3 is 5.97 Å². The van der Waals surface area contributed by atoms with Crippen molar-refractivity contribution in [2.24, 2.45) is 0 Å². The molecule has 1 aromatic rings. The third kappa shape index (κ3) is 5.57. The molecule has 0 aromatic heterocycles. The smallest absolute Gasteiger partial charge is 0.331 e. The standard InChI is InChI=1S/C21H28O9/c22-11-16-18(26)19(27)20(21(29-16)28-15-4-2-1-3-14(15)24)30-17(25)10-7-12-5-8-13(23)9-6-12/h5-10,14-16,18-24,26-27H,1-4,11H2/b10-7+/t14-,15-,16+,18+,19-,20+,21+/m1/s1. The number of hydrogen-bond donors (Lipinski definition) is 5. The van der Waals surface area contributed by atoms with Crippen LogP contribution in [0.1, 0.15) is 31.2 Å². The Balaban J connectivity index is 1.70. The van der Waals surface area contributed by atoms with Crippen LogP contribution >= 0.6 is 0 Å². The Hall–Kier alpha value is -2.01. The fourth-order valence-corrected chi connectivity index (χ4v) is 3.62. The molecule has 3 rings (SSSR count). The first kappa shape index (κ1) is 22.7. The van der Waals surface area contributed by atoms with Crippen LogP contribution in [-0.2, 0) is 19.0 Å². The van der Waals surface area contributed by atoms with Gasteiger partial charge in [-0.15, -0.1) is 0 Å². The van der Waals surface area contributed by atoms with Crippen LogP contribution in [0, 0.1) is 0 Å². The van der Waals surface area contributed by atoms with Gasteiger partial charge in [0.1, 0.15) is 24.1 Å². The van der Waals surface area contributed by atoms with Gasteiger partial charge in [-0.1, -0.05) is 25.0 Å². The predicted molar refractivity (Wildman–Crippen MR) is 104 cm³/mol. The lowest BCUT2D eigenvalue weighted by Crippen LogP contribution is -2.61. The summed E-state index contributed by atoms with van der Waals surface area (Å²) in [5.41, 5.74) is 0.642. The van der Waals surface area contributed by atoms with Crippen LogP contribution in [0.3, 0.4) is 0 Å². The molecule has 7 atom stereocenters. The van der Waals surface area contributed by atoms with Crippen molar-refractivity contribution in [3.63, 3.8) is 0 Å². The lowest BCUT2D eigenvalue weighted by molar-refractivity contribution is -0.320. The molecule has 2 aliphatic rings. The summed E-state index contributed by atoms with van der Waals surface area (Å²) in [6.07, 6.45) is -2.59. The topological polar surface area (TPSA) is 146 Å². The molecule has 0 amide bonds. The summed E-state index contributed by atoms with van der Waals surface area (Å²) in [6.45, 7) is -0.563. The van der Waals surface area contributed by atoms with E-state index in [4.69, 9.17) is 14.2 Å². The van der Waals surface area contributed by atoms with Crippen molar-refractivity contribution in [2.75, 3.05) is 6.61 Å². The molecule has 0 unspecified atom stereocenters. The second-order valence-electron chi connectivity index (χ2n) is 7.56. The number of phenolic OH excluding ortho intramolecular Hbond substituents is 1. The number of aliphatic hydroxyl groups is 4. The van der Waals surface area contributed by atoms with Gasteiger partial charge in [0, 0.05) is 6.08 Å². The van der Waals surface area contributed by atoms with Crippen molar-refractivity contribution < 1.29 is 44.5 Å². The van der Waals surface area contributed by atoms with Gasteiger partial charge in [-0.25, -0.2) is 4.79 Å². The maximum absolute atomic E-state index is 12.3. The summed E-state index contributed by atoms with van der Waals surface area (Å²) >= 11 is 0. The van der Waals surface area contributed by atoms with Gasteiger partial charge in [-0.3, -0.25) is 0 Å². The van der Waals surface area contributed by atoms with Gasteiger partial charge < -0.3 is 39.7 Å². The number of phenols is 1. The number of rotatable bonds is 6. The van der Waals surface area contributed by atoms with E-state index in [-0.39, 0.29) is 5.75 Å². The molecule has 9 nitrogen and oxygen atoms in total. The zero-order chi connectivity index (χ0) is 21.7. The number of aromatic hydroxyl groups is 1. The average molecular weight is 424 g/mol. The molecule has 9 heteroatoms. The van der Waals surface area contributed by atoms with E-state index in [2.05, 4.69) is 0 Å². The Morgan fingerprint density at radius 1 is 1.10 bits per heavy atom. The number of esters is 1. The molecule has 1 aliphatic heterocycles. The predicted octanol–water partition coefficient (Wildman–Crippen LogP) is 0.0763. The Morgan fingerprint density at radius 2 is 1.80 bits per heavy atom. The molecule has 0 bridgehead atoms. The minimum Gasteiger partial charge on any atom is -0.508 e. The first-order valence-corrected chi connectivity index (χ1v) is 10.0. The summed E-state index contributed by atoms with van der Waals surface area (Å²) < 4.78 is 16.6. The summed E-state index contributed by atoms with van der Waals surface area (Å²) in [5.74, 6) is -0.710. The molecule has 0 radical (unpaired) electrons. The largest absolute Gasteiger partial charge is 0.508 e. The van der Waals surface area contributed by atoms with Crippen LogP contribution in [0.5, 0.6) is 5.75 Å². The SMILES string of the molecule is O=C(/C=C/c1ccc(O)cc1)O[C@@H]1[C@@H](O[C@@H]2CCCC[C@H]2O)O[C@@H](CO)[C@H](O)[C@H]1O. The molecule has 1 saturated heterocycles. The molecule has 2 fully saturated rings. The zero-order valence-corrected chi connectivity index (χ0v) is 16.4.